The van der Waals surface area contributed by atoms with Crippen molar-refractivity contribution < 1.29 is 14.3 Å². The summed E-state index contributed by atoms with van der Waals surface area (Å²) in [6, 6.07) is 3.21. The highest BCUT2D eigenvalue weighted by Gasteiger charge is 2.16. The first kappa shape index (κ1) is 13.7. The third-order valence-corrected chi connectivity index (χ3v) is 2.61. The third-order valence-electron chi connectivity index (χ3n) is 2.61. The van der Waals surface area contributed by atoms with Gasteiger partial charge in [-0.2, -0.15) is 0 Å². The molecule has 1 rings (SSSR count). The molecule has 0 fully saturated rings. The Morgan fingerprint density at radius 2 is 2.35 bits per heavy atom. The van der Waals surface area contributed by atoms with Crippen LogP contribution >= 0.6 is 0 Å². The highest BCUT2D eigenvalue weighted by Crippen LogP contribution is 1.99. The number of hydrogen-bond donors (Lipinski definition) is 3. The maximum absolute atomic E-state index is 11.7. The lowest BCUT2D eigenvalue weighted by Gasteiger charge is -2.19. The third kappa shape index (κ3) is 4.58. The molecule has 0 aliphatic carbocycles. The molecule has 1 amide bonds. The number of hydrogen-bond acceptors (Lipinski definition) is 4. The summed E-state index contributed by atoms with van der Waals surface area (Å²) in [6.07, 6.45) is 2.36. The fraction of sp³-hybridized carbons (Fsp3) is 0.583. The Kier molecular flexibility index (Phi) is 5.72. The number of nitrogens with one attached hydrogen (secondary N) is 2. The number of rotatable bonds is 7. The van der Waals surface area contributed by atoms with Crippen LogP contribution in [0.15, 0.2) is 22.8 Å². The Labute approximate surface area is 101 Å². The second-order valence-electron chi connectivity index (χ2n) is 3.97. The van der Waals surface area contributed by atoms with E-state index in [1.807, 2.05) is 6.92 Å². The van der Waals surface area contributed by atoms with E-state index in [1.165, 1.54) is 0 Å². The number of carbonyl (C=O) groups is 1. The SMILES string of the molecule is CCC(CO)NC(C)C(=O)NCc1ccco1. The fourth-order valence-electron chi connectivity index (χ4n) is 1.47. The molecule has 2 atom stereocenters. The molecular formula is C12H20N2O3. The average molecular weight is 240 g/mol. The molecule has 0 saturated heterocycles. The van der Waals surface area contributed by atoms with Crippen molar-refractivity contribution in [3.8, 4) is 0 Å². The topological polar surface area (TPSA) is 74.5 Å². The van der Waals surface area contributed by atoms with Gasteiger partial charge in [0.05, 0.1) is 25.5 Å². The summed E-state index contributed by atoms with van der Waals surface area (Å²) >= 11 is 0. The molecule has 0 aliphatic heterocycles. The molecule has 0 radical (unpaired) electrons. The van der Waals surface area contributed by atoms with Gasteiger partial charge in [-0.25, -0.2) is 0 Å². The van der Waals surface area contributed by atoms with Gasteiger partial charge < -0.3 is 20.2 Å². The minimum atomic E-state index is -0.331. The molecule has 2 unspecified atom stereocenters. The predicted molar refractivity (Wildman–Crippen MR) is 64.3 cm³/mol. The maximum Gasteiger partial charge on any atom is 0.237 e. The van der Waals surface area contributed by atoms with Crippen molar-refractivity contribution in [1.82, 2.24) is 10.6 Å². The second kappa shape index (κ2) is 7.09. The molecule has 0 saturated carbocycles. The zero-order chi connectivity index (χ0) is 12.7. The smallest absolute Gasteiger partial charge is 0.237 e. The van der Waals surface area contributed by atoms with Crippen LogP contribution in [0.2, 0.25) is 0 Å². The van der Waals surface area contributed by atoms with Crippen LogP contribution in [-0.4, -0.2) is 29.7 Å². The summed E-state index contributed by atoms with van der Waals surface area (Å²) in [5.41, 5.74) is 0. The Morgan fingerprint density at radius 3 is 2.88 bits per heavy atom. The van der Waals surface area contributed by atoms with Crippen molar-refractivity contribution in [3.63, 3.8) is 0 Å². The van der Waals surface area contributed by atoms with Crippen LogP contribution in [0.1, 0.15) is 26.0 Å². The van der Waals surface area contributed by atoms with Crippen molar-refractivity contribution in [2.75, 3.05) is 6.61 Å². The van der Waals surface area contributed by atoms with E-state index in [2.05, 4.69) is 10.6 Å². The van der Waals surface area contributed by atoms with Crippen LogP contribution in [0.5, 0.6) is 0 Å². The zero-order valence-corrected chi connectivity index (χ0v) is 10.3. The van der Waals surface area contributed by atoms with Crippen molar-refractivity contribution in [3.05, 3.63) is 24.2 Å². The normalized spacial score (nSPS) is 14.3. The van der Waals surface area contributed by atoms with E-state index in [9.17, 15) is 4.79 Å². The van der Waals surface area contributed by atoms with E-state index in [1.54, 1.807) is 25.3 Å². The summed E-state index contributed by atoms with van der Waals surface area (Å²) in [6.45, 7) is 4.15. The minimum absolute atomic E-state index is 0.0340. The summed E-state index contributed by atoms with van der Waals surface area (Å²) < 4.78 is 5.11. The largest absolute Gasteiger partial charge is 0.467 e. The molecule has 17 heavy (non-hydrogen) atoms. The second-order valence-corrected chi connectivity index (χ2v) is 3.97. The van der Waals surface area contributed by atoms with Crippen LogP contribution in [-0.2, 0) is 11.3 Å². The van der Waals surface area contributed by atoms with Crippen LogP contribution in [0.4, 0.5) is 0 Å². The maximum atomic E-state index is 11.7. The van der Waals surface area contributed by atoms with Gasteiger partial charge in [0.2, 0.25) is 5.91 Å². The molecule has 5 heteroatoms. The molecule has 3 N–H and O–H groups in total. The standard InChI is InChI=1S/C12H20N2O3/c1-3-10(8-15)14-9(2)12(16)13-7-11-5-4-6-17-11/h4-6,9-10,14-15H,3,7-8H2,1-2H3,(H,13,16). The molecule has 0 aromatic carbocycles. The van der Waals surface area contributed by atoms with Crippen LogP contribution in [0.3, 0.4) is 0 Å². The van der Waals surface area contributed by atoms with E-state index < -0.39 is 0 Å². The van der Waals surface area contributed by atoms with Gasteiger partial charge in [0, 0.05) is 6.04 Å². The monoisotopic (exact) mass is 240 g/mol. The quantitative estimate of drug-likeness (QED) is 0.654. The molecule has 5 nitrogen and oxygen atoms in total. The minimum Gasteiger partial charge on any atom is -0.467 e. The Bertz CT molecular complexity index is 321. The summed E-state index contributed by atoms with van der Waals surface area (Å²) in [4.78, 5) is 11.7. The first-order chi connectivity index (χ1) is 8.17. The molecule has 0 aliphatic rings. The molecular weight excluding hydrogens is 220 g/mol. The van der Waals surface area contributed by atoms with E-state index >= 15 is 0 Å². The van der Waals surface area contributed by atoms with Crippen molar-refractivity contribution in [2.45, 2.75) is 38.9 Å². The van der Waals surface area contributed by atoms with Gasteiger partial charge in [-0.3, -0.25) is 4.79 Å². The lowest BCUT2D eigenvalue weighted by atomic mass is 10.2. The van der Waals surface area contributed by atoms with Crippen molar-refractivity contribution in [1.29, 1.82) is 0 Å². The summed E-state index contributed by atoms with van der Waals surface area (Å²) in [5, 5.41) is 14.8. The first-order valence-corrected chi connectivity index (χ1v) is 5.84. The first-order valence-electron chi connectivity index (χ1n) is 5.84. The zero-order valence-electron chi connectivity index (χ0n) is 10.3. The van der Waals surface area contributed by atoms with Crippen LogP contribution in [0.25, 0.3) is 0 Å². The molecule has 1 heterocycles. The lowest BCUT2D eigenvalue weighted by Crippen LogP contribution is -2.47. The summed E-state index contributed by atoms with van der Waals surface area (Å²) in [7, 11) is 0. The van der Waals surface area contributed by atoms with Gasteiger partial charge in [0.1, 0.15) is 5.76 Å². The van der Waals surface area contributed by atoms with E-state index in [0.717, 1.165) is 12.2 Å². The highest BCUT2D eigenvalue weighted by atomic mass is 16.3. The van der Waals surface area contributed by atoms with Gasteiger partial charge in [-0.1, -0.05) is 6.92 Å². The van der Waals surface area contributed by atoms with Crippen LogP contribution < -0.4 is 10.6 Å². The molecule has 0 bridgehead atoms. The van der Waals surface area contributed by atoms with Gasteiger partial charge in [0.15, 0.2) is 0 Å². The Morgan fingerprint density at radius 1 is 1.59 bits per heavy atom. The Balaban J connectivity index is 2.31. The molecule has 1 aromatic rings. The van der Waals surface area contributed by atoms with E-state index in [0.29, 0.717) is 6.54 Å². The van der Waals surface area contributed by atoms with Gasteiger partial charge in [0.25, 0.3) is 0 Å². The number of furan rings is 1. The average Bonchev–Trinajstić information content (AvgIpc) is 2.85. The van der Waals surface area contributed by atoms with Crippen molar-refractivity contribution >= 4 is 5.91 Å². The number of carbonyl (C=O) groups excluding carboxylic acids is 1. The van der Waals surface area contributed by atoms with Gasteiger partial charge in [-0.05, 0) is 25.5 Å². The Hall–Kier alpha value is -1.33. The molecule has 96 valence electrons. The number of amides is 1. The van der Waals surface area contributed by atoms with Gasteiger partial charge in [-0.15, -0.1) is 0 Å². The summed E-state index contributed by atoms with van der Waals surface area (Å²) in [5.74, 6) is 0.619. The molecule has 0 spiro atoms. The van der Waals surface area contributed by atoms with E-state index in [4.69, 9.17) is 9.52 Å². The molecule has 1 aromatic heterocycles. The predicted octanol–water partition coefficient (Wildman–Crippen LogP) is 0.645. The number of aliphatic hydroxyl groups excluding tert-OH is 1. The fourth-order valence-corrected chi connectivity index (χ4v) is 1.47. The number of aliphatic hydroxyl groups is 1. The van der Waals surface area contributed by atoms with Crippen LogP contribution in [0, 0.1) is 0 Å². The van der Waals surface area contributed by atoms with E-state index in [-0.39, 0.29) is 24.6 Å². The van der Waals surface area contributed by atoms with Gasteiger partial charge >= 0.3 is 0 Å². The highest BCUT2D eigenvalue weighted by molar-refractivity contribution is 5.81. The van der Waals surface area contributed by atoms with Crippen molar-refractivity contribution in [2.24, 2.45) is 0 Å². The lowest BCUT2D eigenvalue weighted by molar-refractivity contribution is -0.123.